The van der Waals surface area contributed by atoms with E-state index in [4.69, 9.17) is 0 Å². The molecule has 1 N–H and O–H groups in total. The summed E-state index contributed by atoms with van der Waals surface area (Å²) in [6.07, 6.45) is 4.82. The van der Waals surface area contributed by atoms with E-state index in [1.165, 1.54) is 6.07 Å². The normalized spacial score (nSPS) is 13.5. The van der Waals surface area contributed by atoms with Gasteiger partial charge in [0.25, 0.3) is 0 Å². The number of hydrogen-bond acceptors (Lipinski definition) is 2. The number of carbonyl (C=O) groups is 1. The lowest BCUT2D eigenvalue weighted by molar-refractivity contribution is -0.116. The first kappa shape index (κ1) is 14.6. The van der Waals surface area contributed by atoms with Crippen LogP contribution in [-0.4, -0.2) is 15.7 Å². The Bertz CT molecular complexity index is 903. The third-order valence-electron chi connectivity index (χ3n) is 4.25. The Labute approximate surface area is 138 Å². The van der Waals surface area contributed by atoms with Crippen molar-refractivity contribution < 1.29 is 9.18 Å². The van der Waals surface area contributed by atoms with Crippen LogP contribution in [-0.2, 0) is 17.8 Å². The van der Waals surface area contributed by atoms with E-state index in [1.54, 1.807) is 16.9 Å². The molecule has 2 heterocycles. The second kappa shape index (κ2) is 5.92. The lowest BCUT2D eigenvalue weighted by Crippen LogP contribution is -2.18. The zero-order valence-electron chi connectivity index (χ0n) is 13.0. The van der Waals surface area contributed by atoms with Crippen LogP contribution < -0.4 is 5.32 Å². The molecule has 5 heteroatoms. The number of aryl methyl sites for hydroxylation is 1. The molecule has 1 aliphatic rings. The molecule has 0 atom stereocenters. The first-order valence-corrected chi connectivity index (χ1v) is 7.88. The van der Waals surface area contributed by atoms with Gasteiger partial charge in [0.15, 0.2) is 0 Å². The van der Waals surface area contributed by atoms with Crippen molar-refractivity contribution in [2.75, 3.05) is 5.32 Å². The van der Waals surface area contributed by atoms with Gasteiger partial charge in [0.05, 0.1) is 6.54 Å². The summed E-state index contributed by atoms with van der Waals surface area (Å²) in [6.45, 7) is 0.585. The van der Waals surface area contributed by atoms with Crippen molar-refractivity contribution in [1.82, 2.24) is 9.78 Å². The van der Waals surface area contributed by atoms with Gasteiger partial charge in [-0.1, -0.05) is 18.2 Å². The van der Waals surface area contributed by atoms with Gasteiger partial charge in [-0.25, -0.2) is 4.39 Å². The topological polar surface area (TPSA) is 46.9 Å². The van der Waals surface area contributed by atoms with E-state index in [2.05, 4.69) is 10.4 Å². The Balaban J connectivity index is 1.70. The maximum Gasteiger partial charge on any atom is 0.224 e. The van der Waals surface area contributed by atoms with Crippen LogP contribution in [0.3, 0.4) is 0 Å². The number of fused-ring (bicyclic) bond motifs is 1. The second-order valence-electron chi connectivity index (χ2n) is 5.94. The molecule has 120 valence electrons. The standard InChI is InChI=1S/C19H16FN3O/c20-17-6-2-13(12-23-9-1-8-21-23)10-16(17)15-4-3-14-5-7-19(24)22-18(14)11-15/h1-4,6,8-11H,5,7,12H2,(H,22,24). The smallest absolute Gasteiger partial charge is 0.224 e. The predicted molar refractivity (Wildman–Crippen MR) is 90.1 cm³/mol. The quantitative estimate of drug-likeness (QED) is 0.801. The second-order valence-corrected chi connectivity index (χ2v) is 5.94. The Morgan fingerprint density at radius 3 is 2.92 bits per heavy atom. The summed E-state index contributed by atoms with van der Waals surface area (Å²) in [5, 5.41) is 7.04. The number of nitrogens with zero attached hydrogens (tertiary/aromatic N) is 2. The van der Waals surface area contributed by atoms with Crippen molar-refractivity contribution in [3.63, 3.8) is 0 Å². The number of benzene rings is 2. The van der Waals surface area contributed by atoms with Crippen molar-refractivity contribution in [2.24, 2.45) is 0 Å². The van der Waals surface area contributed by atoms with Crippen LogP contribution in [0.4, 0.5) is 10.1 Å². The van der Waals surface area contributed by atoms with Crippen molar-refractivity contribution >= 4 is 11.6 Å². The molecule has 0 saturated heterocycles. The fraction of sp³-hybridized carbons (Fsp3) is 0.158. The number of hydrogen-bond donors (Lipinski definition) is 1. The highest BCUT2D eigenvalue weighted by Crippen LogP contribution is 2.31. The highest BCUT2D eigenvalue weighted by atomic mass is 19.1. The van der Waals surface area contributed by atoms with E-state index in [0.29, 0.717) is 18.5 Å². The van der Waals surface area contributed by atoms with E-state index in [1.807, 2.05) is 36.5 Å². The highest BCUT2D eigenvalue weighted by molar-refractivity contribution is 5.94. The van der Waals surface area contributed by atoms with Gasteiger partial charge in [-0.15, -0.1) is 0 Å². The fourth-order valence-electron chi connectivity index (χ4n) is 3.01. The zero-order chi connectivity index (χ0) is 16.5. The summed E-state index contributed by atoms with van der Waals surface area (Å²) < 4.78 is 16.1. The fourth-order valence-corrected chi connectivity index (χ4v) is 3.01. The number of rotatable bonds is 3. The van der Waals surface area contributed by atoms with E-state index >= 15 is 0 Å². The Morgan fingerprint density at radius 1 is 1.17 bits per heavy atom. The predicted octanol–water partition coefficient (Wildman–Crippen LogP) is 3.62. The van der Waals surface area contributed by atoms with Crippen LogP contribution in [0.25, 0.3) is 11.1 Å². The molecule has 0 radical (unpaired) electrons. The summed E-state index contributed by atoms with van der Waals surface area (Å²) in [7, 11) is 0. The molecule has 0 saturated carbocycles. The maximum absolute atomic E-state index is 14.3. The van der Waals surface area contributed by atoms with Crippen LogP contribution >= 0.6 is 0 Å². The maximum atomic E-state index is 14.3. The molecule has 2 aromatic carbocycles. The largest absolute Gasteiger partial charge is 0.326 e. The van der Waals surface area contributed by atoms with E-state index in [9.17, 15) is 9.18 Å². The number of halogens is 1. The van der Waals surface area contributed by atoms with Gasteiger partial charge in [-0.2, -0.15) is 5.10 Å². The zero-order valence-corrected chi connectivity index (χ0v) is 13.0. The highest BCUT2D eigenvalue weighted by Gasteiger charge is 2.16. The molecule has 0 unspecified atom stereocenters. The lowest BCUT2D eigenvalue weighted by Gasteiger charge is -2.18. The molecular weight excluding hydrogens is 305 g/mol. The van der Waals surface area contributed by atoms with Crippen LogP contribution in [0.1, 0.15) is 17.5 Å². The van der Waals surface area contributed by atoms with Crippen molar-refractivity contribution in [3.05, 3.63) is 71.8 Å². The summed E-state index contributed by atoms with van der Waals surface area (Å²) >= 11 is 0. The summed E-state index contributed by atoms with van der Waals surface area (Å²) in [6, 6.07) is 12.7. The third kappa shape index (κ3) is 2.80. The van der Waals surface area contributed by atoms with Crippen LogP contribution in [0.5, 0.6) is 0 Å². The number of aromatic nitrogens is 2. The number of amides is 1. The van der Waals surface area contributed by atoms with Crippen molar-refractivity contribution in [2.45, 2.75) is 19.4 Å². The molecule has 0 spiro atoms. The molecule has 4 rings (SSSR count). The molecular formula is C19H16FN3O. The van der Waals surface area contributed by atoms with Crippen LogP contribution in [0.15, 0.2) is 54.9 Å². The summed E-state index contributed by atoms with van der Waals surface area (Å²) in [4.78, 5) is 11.6. The van der Waals surface area contributed by atoms with Crippen LogP contribution in [0.2, 0.25) is 0 Å². The molecule has 1 aromatic heterocycles. The minimum atomic E-state index is -0.277. The first-order valence-electron chi connectivity index (χ1n) is 7.88. The first-order chi connectivity index (χ1) is 11.7. The molecule has 0 fully saturated rings. The van der Waals surface area contributed by atoms with Crippen molar-refractivity contribution in [3.8, 4) is 11.1 Å². The van der Waals surface area contributed by atoms with Gasteiger partial charge in [-0.05, 0) is 47.4 Å². The van der Waals surface area contributed by atoms with Crippen molar-refractivity contribution in [1.29, 1.82) is 0 Å². The van der Waals surface area contributed by atoms with E-state index in [-0.39, 0.29) is 11.7 Å². The molecule has 3 aromatic rings. The number of carbonyl (C=O) groups excluding carboxylic acids is 1. The Hall–Kier alpha value is -2.95. The van der Waals surface area contributed by atoms with Gasteiger partial charge in [0.2, 0.25) is 5.91 Å². The summed E-state index contributed by atoms with van der Waals surface area (Å²) in [5.74, 6) is -0.270. The lowest BCUT2D eigenvalue weighted by atomic mass is 9.96. The molecule has 24 heavy (non-hydrogen) atoms. The van der Waals surface area contributed by atoms with E-state index < -0.39 is 0 Å². The minimum Gasteiger partial charge on any atom is -0.326 e. The van der Waals surface area contributed by atoms with Gasteiger partial charge < -0.3 is 5.32 Å². The van der Waals surface area contributed by atoms with Gasteiger partial charge in [0, 0.05) is 30.1 Å². The number of nitrogens with one attached hydrogen (secondary N) is 1. The monoisotopic (exact) mass is 321 g/mol. The molecule has 0 bridgehead atoms. The average molecular weight is 321 g/mol. The minimum absolute atomic E-state index is 0.00700. The average Bonchev–Trinajstić information content (AvgIpc) is 3.09. The van der Waals surface area contributed by atoms with E-state index in [0.717, 1.165) is 28.8 Å². The van der Waals surface area contributed by atoms with Gasteiger partial charge >= 0.3 is 0 Å². The molecule has 1 amide bonds. The van der Waals surface area contributed by atoms with Crippen LogP contribution in [0, 0.1) is 5.82 Å². The molecule has 4 nitrogen and oxygen atoms in total. The third-order valence-corrected chi connectivity index (χ3v) is 4.25. The van der Waals surface area contributed by atoms with Gasteiger partial charge in [-0.3, -0.25) is 9.48 Å². The molecule has 0 aliphatic carbocycles. The number of anilines is 1. The molecule has 1 aliphatic heterocycles. The Morgan fingerprint density at radius 2 is 2.08 bits per heavy atom. The SMILES string of the molecule is O=C1CCc2ccc(-c3cc(Cn4cccn4)ccc3F)cc2N1. The Kier molecular flexibility index (Phi) is 3.61. The summed E-state index contributed by atoms with van der Waals surface area (Å²) in [5.41, 5.74) is 4.13. The van der Waals surface area contributed by atoms with Gasteiger partial charge in [0.1, 0.15) is 5.82 Å².